The Kier molecular flexibility index (Phi) is 2.21. The number of aliphatic hydroxyl groups is 1. The molecule has 1 rings (SSSR count). The molecule has 1 fully saturated rings. The van der Waals surface area contributed by atoms with E-state index in [1.807, 2.05) is 0 Å². The molecule has 0 spiro atoms. The molecule has 5 heteroatoms. The van der Waals surface area contributed by atoms with E-state index >= 15 is 0 Å². The molecule has 1 aliphatic heterocycles. The average molecular weight is 146 g/mol. The van der Waals surface area contributed by atoms with E-state index in [1.165, 1.54) is 5.48 Å². The van der Waals surface area contributed by atoms with Gasteiger partial charge in [-0.15, -0.1) is 0 Å². The topological polar surface area (TPSA) is 81.6 Å². The van der Waals surface area contributed by atoms with Gasteiger partial charge in [0.2, 0.25) is 0 Å². The highest BCUT2D eigenvalue weighted by Gasteiger charge is 2.27. The maximum absolute atomic E-state index is 10.6. The maximum Gasteiger partial charge on any atom is 0.260 e. The molecule has 0 saturated carbocycles. The fraction of sp³-hybridized carbons (Fsp3) is 0.800. The molecular weight excluding hydrogens is 136 g/mol. The minimum atomic E-state index is -0.489. The van der Waals surface area contributed by atoms with Crippen LogP contribution in [0.4, 0.5) is 0 Å². The summed E-state index contributed by atoms with van der Waals surface area (Å²) in [5.74, 6) is -0.489. The summed E-state index contributed by atoms with van der Waals surface area (Å²) in [6.07, 6.45) is -0.103. The minimum absolute atomic E-state index is 0.367. The van der Waals surface area contributed by atoms with Crippen LogP contribution in [0.1, 0.15) is 6.42 Å². The summed E-state index contributed by atoms with van der Waals surface area (Å²) in [4.78, 5) is 10.6. The average Bonchev–Trinajstić information content (AvgIpc) is 2.34. The van der Waals surface area contributed by atoms with Crippen molar-refractivity contribution in [2.24, 2.45) is 0 Å². The molecule has 1 amide bonds. The number of aliphatic hydroxyl groups excluding tert-OH is 1. The number of hydrogen-bond acceptors (Lipinski definition) is 4. The van der Waals surface area contributed by atoms with Crippen LogP contribution in [0.3, 0.4) is 0 Å². The Morgan fingerprint density at radius 1 is 1.70 bits per heavy atom. The summed E-state index contributed by atoms with van der Waals surface area (Å²) in [5.41, 5.74) is 1.51. The van der Waals surface area contributed by atoms with E-state index in [4.69, 9.17) is 10.3 Å². The van der Waals surface area contributed by atoms with E-state index in [0.717, 1.165) is 0 Å². The second-order valence-electron chi connectivity index (χ2n) is 2.33. The lowest BCUT2D eigenvalue weighted by Crippen LogP contribution is -2.38. The number of hydroxylamine groups is 1. The highest BCUT2D eigenvalue weighted by Crippen LogP contribution is 2.05. The molecule has 0 aromatic carbocycles. The Balaban J connectivity index is 2.37. The molecule has 1 heterocycles. The first-order chi connectivity index (χ1) is 4.74. The SMILES string of the molecule is O=C(NO)C1CC(O)CN1. The number of rotatable bonds is 1. The van der Waals surface area contributed by atoms with Crippen LogP contribution < -0.4 is 10.8 Å². The van der Waals surface area contributed by atoms with Crippen molar-refractivity contribution in [1.29, 1.82) is 0 Å². The van der Waals surface area contributed by atoms with Crippen molar-refractivity contribution in [3.05, 3.63) is 0 Å². The number of β-amino-alcohol motifs (C(OH)–C–C–N with tert-alkyl or cyclic N) is 1. The van der Waals surface area contributed by atoms with Crippen LogP contribution in [-0.2, 0) is 4.79 Å². The van der Waals surface area contributed by atoms with Gasteiger partial charge in [0, 0.05) is 6.54 Å². The second-order valence-corrected chi connectivity index (χ2v) is 2.33. The van der Waals surface area contributed by atoms with Crippen molar-refractivity contribution in [3.63, 3.8) is 0 Å². The Morgan fingerprint density at radius 2 is 2.40 bits per heavy atom. The lowest BCUT2D eigenvalue weighted by atomic mass is 10.2. The van der Waals surface area contributed by atoms with E-state index in [-0.39, 0.29) is 0 Å². The van der Waals surface area contributed by atoms with Crippen molar-refractivity contribution >= 4 is 5.91 Å². The van der Waals surface area contributed by atoms with Gasteiger partial charge in [0.1, 0.15) is 0 Å². The van der Waals surface area contributed by atoms with Gasteiger partial charge in [0.25, 0.3) is 5.91 Å². The molecule has 0 aliphatic carbocycles. The molecular formula is C5H10N2O3. The van der Waals surface area contributed by atoms with Crippen molar-refractivity contribution in [3.8, 4) is 0 Å². The fourth-order valence-electron chi connectivity index (χ4n) is 0.995. The van der Waals surface area contributed by atoms with Gasteiger partial charge in [0.15, 0.2) is 0 Å². The van der Waals surface area contributed by atoms with Gasteiger partial charge in [-0.3, -0.25) is 10.0 Å². The summed E-state index contributed by atoms with van der Waals surface area (Å²) in [6.45, 7) is 0.415. The van der Waals surface area contributed by atoms with Gasteiger partial charge in [-0.05, 0) is 6.42 Å². The maximum atomic E-state index is 10.6. The van der Waals surface area contributed by atoms with Crippen LogP contribution in [0.2, 0.25) is 0 Å². The number of hydrogen-bond donors (Lipinski definition) is 4. The van der Waals surface area contributed by atoms with Crippen molar-refractivity contribution in [1.82, 2.24) is 10.8 Å². The van der Waals surface area contributed by atoms with Gasteiger partial charge < -0.3 is 10.4 Å². The molecule has 1 aliphatic rings. The number of carbonyl (C=O) groups excluding carboxylic acids is 1. The minimum Gasteiger partial charge on any atom is -0.392 e. The van der Waals surface area contributed by atoms with Gasteiger partial charge in [0.05, 0.1) is 12.1 Å². The molecule has 5 nitrogen and oxygen atoms in total. The lowest BCUT2D eigenvalue weighted by Gasteiger charge is -2.04. The summed E-state index contributed by atoms with van der Waals surface area (Å²) >= 11 is 0. The Labute approximate surface area is 58.0 Å². The second kappa shape index (κ2) is 2.96. The highest BCUT2D eigenvalue weighted by atomic mass is 16.5. The molecule has 2 unspecified atom stereocenters. The third-order valence-corrected chi connectivity index (χ3v) is 1.53. The number of carbonyl (C=O) groups is 1. The zero-order valence-corrected chi connectivity index (χ0v) is 5.37. The predicted octanol–water partition coefficient (Wildman–Crippen LogP) is -1.79. The van der Waals surface area contributed by atoms with Crippen LogP contribution >= 0.6 is 0 Å². The van der Waals surface area contributed by atoms with E-state index < -0.39 is 18.1 Å². The number of nitrogens with one attached hydrogen (secondary N) is 2. The molecule has 58 valence electrons. The van der Waals surface area contributed by atoms with Crippen LogP contribution in [0.25, 0.3) is 0 Å². The zero-order chi connectivity index (χ0) is 7.56. The normalized spacial score (nSPS) is 32.2. The summed E-state index contributed by atoms with van der Waals surface area (Å²) in [5, 5.41) is 19.8. The molecule has 4 N–H and O–H groups in total. The predicted molar refractivity (Wildman–Crippen MR) is 32.3 cm³/mol. The Morgan fingerprint density at radius 3 is 2.80 bits per heavy atom. The third-order valence-electron chi connectivity index (χ3n) is 1.53. The van der Waals surface area contributed by atoms with Gasteiger partial charge in [-0.2, -0.15) is 0 Å². The summed E-state index contributed by atoms with van der Waals surface area (Å²) < 4.78 is 0. The van der Waals surface area contributed by atoms with Crippen LogP contribution in [0.15, 0.2) is 0 Å². The van der Waals surface area contributed by atoms with Gasteiger partial charge >= 0.3 is 0 Å². The van der Waals surface area contributed by atoms with E-state index in [9.17, 15) is 4.79 Å². The largest absolute Gasteiger partial charge is 0.392 e. The van der Waals surface area contributed by atoms with Crippen molar-refractivity contribution in [2.45, 2.75) is 18.6 Å². The van der Waals surface area contributed by atoms with Gasteiger partial charge in [-0.25, -0.2) is 5.48 Å². The smallest absolute Gasteiger partial charge is 0.260 e. The van der Waals surface area contributed by atoms with E-state index in [1.54, 1.807) is 0 Å². The van der Waals surface area contributed by atoms with E-state index in [0.29, 0.717) is 13.0 Å². The van der Waals surface area contributed by atoms with E-state index in [2.05, 4.69) is 5.32 Å². The molecule has 1 saturated heterocycles. The molecule has 2 atom stereocenters. The highest BCUT2D eigenvalue weighted by molar-refractivity contribution is 5.80. The molecule has 0 aromatic heterocycles. The van der Waals surface area contributed by atoms with Crippen LogP contribution in [0.5, 0.6) is 0 Å². The summed E-state index contributed by atoms with van der Waals surface area (Å²) in [6, 6.07) is -0.444. The first-order valence-corrected chi connectivity index (χ1v) is 3.09. The first kappa shape index (κ1) is 7.46. The summed E-state index contributed by atoms with van der Waals surface area (Å²) in [7, 11) is 0. The first-order valence-electron chi connectivity index (χ1n) is 3.09. The van der Waals surface area contributed by atoms with Gasteiger partial charge in [-0.1, -0.05) is 0 Å². The van der Waals surface area contributed by atoms with Crippen molar-refractivity contribution in [2.75, 3.05) is 6.54 Å². The van der Waals surface area contributed by atoms with Crippen LogP contribution in [0, 0.1) is 0 Å². The van der Waals surface area contributed by atoms with Crippen molar-refractivity contribution < 1.29 is 15.1 Å². The Bertz CT molecular complexity index is 139. The molecule has 10 heavy (non-hydrogen) atoms. The zero-order valence-electron chi connectivity index (χ0n) is 5.37. The molecule has 0 aromatic rings. The Hall–Kier alpha value is -0.650. The quantitative estimate of drug-likeness (QED) is 0.260. The molecule has 0 bridgehead atoms. The lowest BCUT2D eigenvalue weighted by molar-refractivity contribution is -0.131. The standard InChI is InChI=1S/C5H10N2O3/c8-3-1-4(6-2-3)5(9)7-10/h3-4,6,8,10H,1-2H2,(H,7,9). The monoisotopic (exact) mass is 146 g/mol. The molecule has 0 radical (unpaired) electrons. The number of amides is 1. The third kappa shape index (κ3) is 1.44. The van der Waals surface area contributed by atoms with Crippen LogP contribution in [-0.4, -0.2) is 34.9 Å². The fourth-order valence-corrected chi connectivity index (χ4v) is 0.995.